The summed E-state index contributed by atoms with van der Waals surface area (Å²) in [6, 6.07) is 14.0. The molecule has 0 spiro atoms. The van der Waals surface area contributed by atoms with Crippen molar-refractivity contribution < 1.29 is 4.79 Å². The monoisotopic (exact) mass is 352 g/mol. The van der Waals surface area contributed by atoms with Crippen LogP contribution in [0.15, 0.2) is 42.5 Å². The number of carbonyl (C=O) groups excluding carboxylic acids is 1. The number of rotatable bonds is 1. The number of hydrogen-bond acceptors (Lipinski definition) is 3. The van der Waals surface area contributed by atoms with Gasteiger partial charge in [-0.3, -0.25) is 4.79 Å². The maximum absolute atomic E-state index is 11.9. The van der Waals surface area contributed by atoms with E-state index in [4.69, 9.17) is 5.73 Å². The SMILES string of the molecule is Br.NC1C(=O)NCCSC1c1cccc2ccccc12. The maximum atomic E-state index is 11.9. The molecule has 0 aliphatic carbocycles. The molecular weight excluding hydrogens is 336 g/mol. The molecule has 2 aromatic rings. The van der Waals surface area contributed by atoms with Gasteiger partial charge in [0.15, 0.2) is 0 Å². The number of halogens is 1. The second-order valence-electron chi connectivity index (χ2n) is 4.68. The van der Waals surface area contributed by atoms with E-state index in [1.165, 1.54) is 10.8 Å². The predicted molar refractivity (Wildman–Crippen MR) is 90.5 cm³/mol. The predicted octanol–water partition coefficient (Wildman–Crippen LogP) is 2.65. The van der Waals surface area contributed by atoms with Crippen molar-refractivity contribution >= 4 is 45.4 Å². The molecule has 1 aliphatic rings. The van der Waals surface area contributed by atoms with Gasteiger partial charge in [-0.1, -0.05) is 42.5 Å². The van der Waals surface area contributed by atoms with Crippen molar-refractivity contribution in [2.45, 2.75) is 11.3 Å². The molecule has 0 aromatic heterocycles. The first-order valence-corrected chi connectivity index (χ1v) is 7.45. The first-order chi connectivity index (χ1) is 9.27. The highest BCUT2D eigenvalue weighted by molar-refractivity contribution is 8.93. The Morgan fingerprint density at radius 2 is 1.90 bits per heavy atom. The summed E-state index contributed by atoms with van der Waals surface area (Å²) in [6.45, 7) is 0.693. The number of nitrogens with one attached hydrogen (secondary N) is 1. The number of hydrogen-bond donors (Lipinski definition) is 2. The van der Waals surface area contributed by atoms with E-state index in [0.717, 1.165) is 11.3 Å². The molecule has 1 fully saturated rings. The third kappa shape index (κ3) is 2.85. The second kappa shape index (κ2) is 6.61. The van der Waals surface area contributed by atoms with Crippen LogP contribution in [0.4, 0.5) is 0 Å². The Bertz CT molecular complexity index is 614. The number of amides is 1. The molecule has 3 N–H and O–H groups in total. The molecule has 1 aliphatic heterocycles. The van der Waals surface area contributed by atoms with Crippen LogP contribution >= 0.6 is 28.7 Å². The maximum Gasteiger partial charge on any atom is 0.238 e. The Labute approximate surface area is 133 Å². The first kappa shape index (κ1) is 15.4. The van der Waals surface area contributed by atoms with E-state index >= 15 is 0 Å². The smallest absolute Gasteiger partial charge is 0.238 e. The van der Waals surface area contributed by atoms with Crippen LogP contribution in [0.3, 0.4) is 0 Å². The minimum absolute atomic E-state index is 0. The second-order valence-corrected chi connectivity index (χ2v) is 5.93. The van der Waals surface area contributed by atoms with Crippen LogP contribution in [0.1, 0.15) is 10.8 Å². The van der Waals surface area contributed by atoms with Crippen molar-refractivity contribution in [3.8, 4) is 0 Å². The molecule has 1 saturated heterocycles. The molecule has 106 valence electrons. The van der Waals surface area contributed by atoms with Crippen LogP contribution in [-0.4, -0.2) is 24.2 Å². The van der Waals surface area contributed by atoms with Crippen molar-refractivity contribution in [1.82, 2.24) is 5.32 Å². The minimum atomic E-state index is -0.488. The van der Waals surface area contributed by atoms with Gasteiger partial charge in [0, 0.05) is 12.3 Å². The Balaban J connectivity index is 0.00000147. The quantitative estimate of drug-likeness (QED) is 0.829. The summed E-state index contributed by atoms with van der Waals surface area (Å²) in [5.74, 6) is 0.843. The van der Waals surface area contributed by atoms with Gasteiger partial charge >= 0.3 is 0 Å². The Hall–Kier alpha value is -1.04. The van der Waals surface area contributed by atoms with E-state index in [0.29, 0.717) is 6.54 Å². The lowest BCUT2D eigenvalue weighted by atomic mass is 9.98. The fourth-order valence-corrected chi connectivity index (χ4v) is 3.69. The van der Waals surface area contributed by atoms with Gasteiger partial charge in [-0.05, 0) is 16.3 Å². The fourth-order valence-electron chi connectivity index (χ4n) is 2.50. The average Bonchev–Trinajstić information content (AvgIpc) is 2.61. The van der Waals surface area contributed by atoms with Gasteiger partial charge in [0.05, 0.1) is 5.25 Å². The van der Waals surface area contributed by atoms with Gasteiger partial charge < -0.3 is 11.1 Å². The summed E-state index contributed by atoms with van der Waals surface area (Å²) in [6.07, 6.45) is 0. The molecule has 3 rings (SSSR count). The summed E-state index contributed by atoms with van der Waals surface area (Å²) in [7, 11) is 0. The highest BCUT2D eigenvalue weighted by Gasteiger charge is 2.29. The summed E-state index contributed by atoms with van der Waals surface area (Å²) < 4.78 is 0. The largest absolute Gasteiger partial charge is 0.354 e. The zero-order valence-corrected chi connectivity index (χ0v) is 13.4. The Morgan fingerprint density at radius 3 is 2.75 bits per heavy atom. The van der Waals surface area contributed by atoms with Crippen LogP contribution in [0, 0.1) is 0 Å². The summed E-state index contributed by atoms with van der Waals surface area (Å²) >= 11 is 1.76. The molecule has 1 amide bonds. The van der Waals surface area contributed by atoms with Crippen molar-refractivity contribution in [1.29, 1.82) is 0 Å². The van der Waals surface area contributed by atoms with Crippen molar-refractivity contribution in [2.75, 3.05) is 12.3 Å². The van der Waals surface area contributed by atoms with Crippen LogP contribution in [0.2, 0.25) is 0 Å². The molecule has 3 nitrogen and oxygen atoms in total. The van der Waals surface area contributed by atoms with Gasteiger partial charge in [-0.25, -0.2) is 0 Å². The number of carbonyl (C=O) groups is 1. The molecule has 2 unspecified atom stereocenters. The molecule has 0 saturated carbocycles. The standard InChI is InChI=1S/C15H16N2OS.BrH/c16-13-14(19-9-8-17-15(13)18)12-7-3-5-10-4-1-2-6-11(10)12;/h1-7,13-14H,8-9,16H2,(H,17,18);1H. The molecular formula is C15H17BrN2OS. The van der Waals surface area contributed by atoms with Crippen molar-refractivity contribution in [3.63, 3.8) is 0 Å². The van der Waals surface area contributed by atoms with E-state index in [9.17, 15) is 4.79 Å². The third-order valence-electron chi connectivity index (χ3n) is 3.46. The van der Waals surface area contributed by atoms with E-state index < -0.39 is 6.04 Å². The normalized spacial score (nSPS) is 22.8. The highest BCUT2D eigenvalue weighted by atomic mass is 79.9. The lowest BCUT2D eigenvalue weighted by Crippen LogP contribution is -2.42. The lowest BCUT2D eigenvalue weighted by molar-refractivity contribution is -0.122. The molecule has 20 heavy (non-hydrogen) atoms. The van der Waals surface area contributed by atoms with Gasteiger partial charge in [-0.15, -0.1) is 28.7 Å². The fraction of sp³-hybridized carbons (Fsp3) is 0.267. The summed E-state index contributed by atoms with van der Waals surface area (Å²) in [5, 5.41) is 5.26. The van der Waals surface area contributed by atoms with Crippen LogP contribution in [-0.2, 0) is 4.79 Å². The highest BCUT2D eigenvalue weighted by Crippen LogP contribution is 2.36. The van der Waals surface area contributed by atoms with Crippen molar-refractivity contribution in [2.24, 2.45) is 5.73 Å². The molecule has 0 bridgehead atoms. The topological polar surface area (TPSA) is 55.1 Å². The van der Waals surface area contributed by atoms with Crippen LogP contribution in [0.25, 0.3) is 10.8 Å². The molecule has 2 atom stereocenters. The molecule has 1 heterocycles. The van der Waals surface area contributed by atoms with Gasteiger partial charge in [0.1, 0.15) is 6.04 Å². The molecule has 5 heteroatoms. The van der Waals surface area contributed by atoms with Gasteiger partial charge in [0.25, 0.3) is 0 Å². The average molecular weight is 353 g/mol. The zero-order chi connectivity index (χ0) is 13.2. The molecule has 2 aromatic carbocycles. The summed E-state index contributed by atoms with van der Waals surface area (Å²) in [5.41, 5.74) is 7.27. The van der Waals surface area contributed by atoms with E-state index in [-0.39, 0.29) is 28.1 Å². The van der Waals surface area contributed by atoms with Crippen LogP contribution in [0.5, 0.6) is 0 Å². The first-order valence-electron chi connectivity index (χ1n) is 6.40. The number of nitrogens with two attached hydrogens (primary N) is 1. The van der Waals surface area contributed by atoms with Gasteiger partial charge in [0.2, 0.25) is 5.91 Å². The number of benzene rings is 2. The van der Waals surface area contributed by atoms with Crippen molar-refractivity contribution in [3.05, 3.63) is 48.0 Å². The molecule has 0 radical (unpaired) electrons. The minimum Gasteiger partial charge on any atom is -0.354 e. The zero-order valence-electron chi connectivity index (χ0n) is 10.9. The number of fused-ring (bicyclic) bond motifs is 1. The third-order valence-corrected chi connectivity index (χ3v) is 4.80. The van der Waals surface area contributed by atoms with Crippen LogP contribution < -0.4 is 11.1 Å². The van der Waals surface area contributed by atoms with E-state index in [1.807, 2.05) is 18.2 Å². The van der Waals surface area contributed by atoms with Gasteiger partial charge in [-0.2, -0.15) is 0 Å². The Morgan fingerprint density at radius 1 is 1.15 bits per heavy atom. The summed E-state index contributed by atoms with van der Waals surface area (Å²) in [4.78, 5) is 11.9. The Kier molecular flexibility index (Phi) is 5.07. The van der Waals surface area contributed by atoms with E-state index in [2.05, 4.69) is 29.6 Å². The number of thioether (sulfide) groups is 1. The van der Waals surface area contributed by atoms with E-state index in [1.54, 1.807) is 11.8 Å². The lowest BCUT2D eigenvalue weighted by Gasteiger charge is -2.21.